The Labute approximate surface area is 98.6 Å². The summed E-state index contributed by atoms with van der Waals surface area (Å²) in [5.41, 5.74) is -0.892. The van der Waals surface area contributed by atoms with Crippen LogP contribution in [0.4, 0.5) is 0 Å². The Hall–Kier alpha value is -1.08. The van der Waals surface area contributed by atoms with Gasteiger partial charge in [0.1, 0.15) is 5.41 Å². The Morgan fingerprint density at radius 2 is 2.12 bits per heavy atom. The number of carbonyl (C=O) groups excluding carboxylic acids is 1. The van der Waals surface area contributed by atoms with Crippen molar-refractivity contribution in [3.63, 3.8) is 0 Å². The Kier molecular flexibility index (Phi) is 6.05. The SMILES string of the molecule is CCC(C)(C#N)C(=O)NCCN(C)C(C)C. The van der Waals surface area contributed by atoms with Crippen LogP contribution in [0.25, 0.3) is 0 Å². The number of rotatable bonds is 6. The molecule has 1 N–H and O–H groups in total. The Morgan fingerprint density at radius 3 is 2.50 bits per heavy atom. The van der Waals surface area contributed by atoms with Crippen molar-refractivity contribution in [2.45, 2.75) is 40.2 Å². The first-order chi connectivity index (χ1) is 7.37. The highest BCUT2D eigenvalue weighted by Gasteiger charge is 2.30. The summed E-state index contributed by atoms with van der Waals surface area (Å²) in [6.07, 6.45) is 0.537. The number of hydrogen-bond acceptors (Lipinski definition) is 3. The van der Waals surface area contributed by atoms with E-state index in [0.717, 1.165) is 6.54 Å². The molecule has 1 amide bonds. The van der Waals surface area contributed by atoms with Gasteiger partial charge >= 0.3 is 0 Å². The van der Waals surface area contributed by atoms with E-state index in [1.54, 1.807) is 6.92 Å². The third-order valence-electron chi connectivity index (χ3n) is 3.09. The average Bonchev–Trinajstić information content (AvgIpc) is 2.27. The van der Waals surface area contributed by atoms with Crippen LogP contribution < -0.4 is 5.32 Å². The molecule has 0 aromatic rings. The Balaban J connectivity index is 4.05. The molecule has 92 valence electrons. The van der Waals surface area contributed by atoms with Gasteiger partial charge in [0, 0.05) is 19.1 Å². The summed E-state index contributed by atoms with van der Waals surface area (Å²) in [7, 11) is 2.01. The molecule has 4 nitrogen and oxygen atoms in total. The summed E-state index contributed by atoms with van der Waals surface area (Å²) in [5, 5.41) is 11.7. The van der Waals surface area contributed by atoms with Gasteiger partial charge in [0.05, 0.1) is 6.07 Å². The van der Waals surface area contributed by atoms with Gasteiger partial charge in [-0.1, -0.05) is 6.92 Å². The van der Waals surface area contributed by atoms with Gasteiger partial charge in [0.15, 0.2) is 0 Å². The van der Waals surface area contributed by atoms with Crippen molar-refractivity contribution < 1.29 is 4.79 Å². The minimum Gasteiger partial charge on any atom is -0.353 e. The molecule has 0 fully saturated rings. The van der Waals surface area contributed by atoms with Crippen molar-refractivity contribution in [2.24, 2.45) is 5.41 Å². The lowest BCUT2D eigenvalue weighted by molar-refractivity contribution is -0.127. The van der Waals surface area contributed by atoms with Crippen molar-refractivity contribution in [3.05, 3.63) is 0 Å². The molecule has 0 aromatic carbocycles. The molecule has 0 rings (SSSR count). The Bertz CT molecular complexity index is 270. The number of nitrogens with one attached hydrogen (secondary N) is 1. The quantitative estimate of drug-likeness (QED) is 0.743. The van der Waals surface area contributed by atoms with Crippen molar-refractivity contribution in [1.29, 1.82) is 5.26 Å². The number of nitrogens with zero attached hydrogens (tertiary/aromatic N) is 2. The lowest BCUT2D eigenvalue weighted by Crippen LogP contribution is -2.42. The fraction of sp³-hybridized carbons (Fsp3) is 0.833. The lowest BCUT2D eigenvalue weighted by atomic mass is 9.88. The second kappa shape index (κ2) is 6.49. The molecular weight excluding hydrogens is 202 g/mol. The van der Waals surface area contributed by atoms with Crippen molar-refractivity contribution in [3.8, 4) is 6.07 Å². The van der Waals surface area contributed by atoms with Gasteiger partial charge in [-0.05, 0) is 34.2 Å². The van der Waals surface area contributed by atoms with E-state index in [1.165, 1.54) is 0 Å². The van der Waals surface area contributed by atoms with Gasteiger partial charge in [-0.25, -0.2) is 0 Å². The van der Waals surface area contributed by atoms with Gasteiger partial charge in [-0.15, -0.1) is 0 Å². The number of amides is 1. The smallest absolute Gasteiger partial charge is 0.240 e. The highest BCUT2D eigenvalue weighted by molar-refractivity contribution is 5.84. The zero-order valence-electron chi connectivity index (χ0n) is 11.0. The first-order valence-electron chi connectivity index (χ1n) is 5.77. The monoisotopic (exact) mass is 225 g/mol. The molecule has 0 radical (unpaired) electrons. The zero-order valence-corrected chi connectivity index (χ0v) is 11.0. The van der Waals surface area contributed by atoms with Gasteiger partial charge in [-0.3, -0.25) is 4.79 Å². The van der Waals surface area contributed by atoms with E-state index in [0.29, 0.717) is 19.0 Å². The molecule has 0 spiro atoms. The minimum atomic E-state index is -0.892. The maximum atomic E-state index is 11.7. The van der Waals surface area contributed by atoms with Crippen molar-refractivity contribution in [1.82, 2.24) is 10.2 Å². The second-order valence-electron chi connectivity index (χ2n) is 4.63. The molecule has 1 unspecified atom stereocenters. The molecule has 0 saturated carbocycles. The van der Waals surface area contributed by atoms with E-state index in [2.05, 4.69) is 30.1 Å². The van der Waals surface area contributed by atoms with Crippen molar-refractivity contribution >= 4 is 5.91 Å². The molecule has 1 atom stereocenters. The molecule has 0 heterocycles. The van der Waals surface area contributed by atoms with E-state index in [9.17, 15) is 4.79 Å². The van der Waals surface area contributed by atoms with Crippen LogP contribution in [0, 0.1) is 16.7 Å². The van der Waals surface area contributed by atoms with Gasteiger partial charge in [0.25, 0.3) is 0 Å². The third-order valence-corrected chi connectivity index (χ3v) is 3.09. The number of nitriles is 1. The van der Waals surface area contributed by atoms with E-state index in [-0.39, 0.29) is 5.91 Å². The van der Waals surface area contributed by atoms with Crippen LogP contribution >= 0.6 is 0 Å². The van der Waals surface area contributed by atoms with E-state index in [1.807, 2.05) is 14.0 Å². The minimum absolute atomic E-state index is 0.172. The normalized spacial score (nSPS) is 14.6. The second-order valence-corrected chi connectivity index (χ2v) is 4.63. The van der Waals surface area contributed by atoms with Crippen LogP contribution in [0.5, 0.6) is 0 Å². The summed E-state index contributed by atoms with van der Waals surface area (Å²) >= 11 is 0. The predicted octanol–water partition coefficient (Wildman–Crippen LogP) is 1.38. The summed E-state index contributed by atoms with van der Waals surface area (Å²) < 4.78 is 0. The molecule has 0 aromatic heterocycles. The maximum Gasteiger partial charge on any atom is 0.240 e. The largest absolute Gasteiger partial charge is 0.353 e. The highest BCUT2D eigenvalue weighted by Crippen LogP contribution is 2.19. The first kappa shape index (κ1) is 14.9. The molecule has 0 aliphatic heterocycles. The first-order valence-corrected chi connectivity index (χ1v) is 5.77. The zero-order chi connectivity index (χ0) is 12.8. The summed E-state index contributed by atoms with van der Waals surface area (Å²) in [4.78, 5) is 13.9. The van der Waals surface area contributed by atoms with E-state index in [4.69, 9.17) is 5.26 Å². The third kappa shape index (κ3) is 4.19. The van der Waals surface area contributed by atoms with E-state index < -0.39 is 5.41 Å². The highest BCUT2D eigenvalue weighted by atomic mass is 16.2. The summed E-state index contributed by atoms with van der Waals surface area (Å²) in [6, 6.07) is 2.53. The van der Waals surface area contributed by atoms with Crippen LogP contribution in [0.3, 0.4) is 0 Å². The topological polar surface area (TPSA) is 56.1 Å². The lowest BCUT2D eigenvalue weighted by Gasteiger charge is -2.23. The number of carbonyl (C=O) groups is 1. The van der Waals surface area contributed by atoms with Crippen LogP contribution in [-0.2, 0) is 4.79 Å². The fourth-order valence-electron chi connectivity index (χ4n) is 1.09. The van der Waals surface area contributed by atoms with Crippen LogP contribution in [0.2, 0.25) is 0 Å². The van der Waals surface area contributed by atoms with Crippen molar-refractivity contribution in [2.75, 3.05) is 20.1 Å². The fourth-order valence-corrected chi connectivity index (χ4v) is 1.09. The van der Waals surface area contributed by atoms with Crippen LogP contribution in [0.15, 0.2) is 0 Å². The molecular formula is C12H23N3O. The maximum absolute atomic E-state index is 11.7. The molecule has 0 bridgehead atoms. The number of hydrogen-bond donors (Lipinski definition) is 1. The summed E-state index contributed by atoms with van der Waals surface area (Å²) in [5.74, 6) is -0.172. The summed E-state index contributed by atoms with van der Waals surface area (Å²) in [6.45, 7) is 9.12. The van der Waals surface area contributed by atoms with Crippen LogP contribution in [0.1, 0.15) is 34.1 Å². The molecule has 4 heteroatoms. The average molecular weight is 225 g/mol. The van der Waals surface area contributed by atoms with Gasteiger partial charge in [0.2, 0.25) is 5.91 Å². The molecule has 0 aliphatic rings. The van der Waals surface area contributed by atoms with Crippen LogP contribution in [-0.4, -0.2) is 37.0 Å². The standard InChI is InChI=1S/C12H23N3O/c1-6-12(4,9-13)11(16)14-7-8-15(5)10(2)3/h10H,6-8H2,1-5H3,(H,14,16). The molecule has 16 heavy (non-hydrogen) atoms. The predicted molar refractivity (Wildman–Crippen MR) is 64.8 cm³/mol. The Morgan fingerprint density at radius 1 is 1.56 bits per heavy atom. The van der Waals surface area contributed by atoms with Gasteiger partial charge in [-0.2, -0.15) is 5.26 Å². The van der Waals surface area contributed by atoms with Gasteiger partial charge < -0.3 is 10.2 Å². The molecule has 0 aliphatic carbocycles. The van der Waals surface area contributed by atoms with E-state index >= 15 is 0 Å². The number of likely N-dealkylation sites (N-methyl/N-ethyl adjacent to an activating group) is 1. The molecule has 0 saturated heterocycles.